The summed E-state index contributed by atoms with van der Waals surface area (Å²) in [6, 6.07) is 8.64. The Morgan fingerprint density at radius 1 is 1.26 bits per heavy atom. The van der Waals surface area contributed by atoms with Crippen LogP contribution in [0.2, 0.25) is 0 Å². The zero-order valence-corrected chi connectivity index (χ0v) is 11.4. The number of ether oxygens (including phenoxy) is 1. The van der Waals surface area contributed by atoms with Crippen molar-refractivity contribution in [2.24, 2.45) is 0 Å². The van der Waals surface area contributed by atoms with Gasteiger partial charge < -0.3 is 14.5 Å². The third-order valence-corrected chi connectivity index (χ3v) is 2.71. The first-order valence-electron chi connectivity index (χ1n) is 6.57. The second-order valence-electron chi connectivity index (χ2n) is 4.70. The van der Waals surface area contributed by atoms with Crippen molar-refractivity contribution >= 4 is 0 Å². The quantitative estimate of drug-likeness (QED) is 0.831. The fourth-order valence-electron chi connectivity index (χ4n) is 1.66. The van der Waals surface area contributed by atoms with Crippen molar-refractivity contribution in [1.29, 1.82) is 0 Å². The second kappa shape index (κ2) is 6.95. The van der Waals surface area contributed by atoms with Crippen molar-refractivity contribution in [3.05, 3.63) is 48.2 Å². The third-order valence-electron chi connectivity index (χ3n) is 2.71. The molecule has 102 valence electrons. The zero-order valence-electron chi connectivity index (χ0n) is 11.4. The largest absolute Gasteiger partial charge is 0.493 e. The van der Waals surface area contributed by atoms with E-state index in [0.29, 0.717) is 25.0 Å². The molecule has 0 saturated carbocycles. The lowest BCUT2D eigenvalue weighted by atomic mass is 10.2. The van der Waals surface area contributed by atoms with Gasteiger partial charge in [-0.05, 0) is 17.7 Å². The number of hydrogen-bond acceptors (Lipinski definition) is 4. The molecule has 1 heterocycles. The standard InChI is InChI=1S/C15H20N2O2/c1-12(2)17-11-13-3-5-14(6-4-13)18-9-7-15-16-8-10-19-15/h3-6,8,10,12,17H,7,9,11H2,1-2H3. The van der Waals surface area contributed by atoms with E-state index in [2.05, 4.69) is 36.3 Å². The van der Waals surface area contributed by atoms with Gasteiger partial charge in [0, 0.05) is 12.6 Å². The molecule has 1 aromatic heterocycles. The summed E-state index contributed by atoms with van der Waals surface area (Å²) in [5, 5.41) is 3.38. The van der Waals surface area contributed by atoms with Crippen molar-refractivity contribution < 1.29 is 9.15 Å². The van der Waals surface area contributed by atoms with Crippen LogP contribution in [0.5, 0.6) is 5.75 Å². The molecule has 0 unspecified atom stereocenters. The highest BCUT2D eigenvalue weighted by atomic mass is 16.5. The Hall–Kier alpha value is -1.81. The van der Waals surface area contributed by atoms with Crippen LogP contribution in [-0.2, 0) is 13.0 Å². The number of hydrogen-bond donors (Lipinski definition) is 1. The van der Waals surface area contributed by atoms with Crippen molar-refractivity contribution in [3.8, 4) is 5.75 Å². The van der Waals surface area contributed by atoms with Gasteiger partial charge in [-0.2, -0.15) is 0 Å². The summed E-state index contributed by atoms with van der Waals surface area (Å²) in [6.45, 7) is 5.73. The lowest BCUT2D eigenvalue weighted by molar-refractivity contribution is 0.306. The number of nitrogens with one attached hydrogen (secondary N) is 1. The van der Waals surface area contributed by atoms with E-state index in [0.717, 1.165) is 12.3 Å². The molecule has 0 amide bonds. The van der Waals surface area contributed by atoms with Crippen LogP contribution in [0.1, 0.15) is 25.3 Å². The first kappa shape index (κ1) is 13.6. The molecule has 1 N–H and O–H groups in total. The third kappa shape index (κ3) is 4.75. The van der Waals surface area contributed by atoms with Gasteiger partial charge >= 0.3 is 0 Å². The highest BCUT2D eigenvalue weighted by Gasteiger charge is 2.00. The number of benzene rings is 1. The van der Waals surface area contributed by atoms with Gasteiger partial charge in [0.05, 0.1) is 19.2 Å². The van der Waals surface area contributed by atoms with E-state index in [1.807, 2.05) is 12.1 Å². The van der Waals surface area contributed by atoms with Crippen molar-refractivity contribution in [1.82, 2.24) is 10.3 Å². The van der Waals surface area contributed by atoms with Crippen molar-refractivity contribution in [3.63, 3.8) is 0 Å². The van der Waals surface area contributed by atoms with Gasteiger partial charge in [-0.1, -0.05) is 26.0 Å². The molecule has 0 radical (unpaired) electrons. The topological polar surface area (TPSA) is 47.3 Å². The van der Waals surface area contributed by atoms with Crippen LogP contribution in [0.15, 0.2) is 41.1 Å². The zero-order chi connectivity index (χ0) is 13.5. The summed E-state index contributed by atoms with van der Waals surface area (Å²) in [5.74, 6) is 1.58. The van der Waals surface area contributed by atoms with Gasteiger partial charge in [-0.15, -0.1) is 0 Å². The van der Waals surface area contributed by atoms with Crippen molar-refractivity contribution in [2.45, 2.75) is 32.9 Å². The summed E-state index contributed by atoms with van der Waals surface area (Å²) in [5.41, 5.74) is 1.26. The Bertz CT molecular complexity index is 463. The normalized spacial score (nSPS) is 10.9. The first-order chi connectivity index (χ1) is 9.24. The Labute approximate surface area is 113 Å². The molecule has 0 fully saturated rings. The van der Waals surface area contributed by atoms with Crippen LogP contribution in [0.3, 0.4) is 0 Å². The molecule has 4 heteroatoms. The number of nitrogens with zero attached hydrogens (tertiary/aromatic N) is 1. The van der Waals surface area contributed by atoms with Crippen LogP contribution in [0.4, 0.5) is 0 Å². The maximum atomic E-state index is 5.64. The Balaban J connectivity index is 1.75. The number of rotatable bonds is 7. The van der Waals surface area contributed by atoms with E-state index in [1.54, 1.807) is 12.5 Å². The van der Waals surface area contributed by atoms with Gasteiger partial charge in [0.15, 0.2) is 5.89 Å². The van der Waals surface area contributed by atoms with Crippen LogP contribution in [0.25, 0.3) is 0 Å². The minimum absolute atomic E-state index is 0.497. The maximum absolute atomic E-state index is 5.64. The van der Waals surface area contributed by atoms with Crippen LogP contribution >= 0.6 is 0 Å². The average molecular weight is 260 g/mol. The van der Waals surface area contributed by atoms with Gasteiger partial charge in [-0.25, -0.2) is 4.98 Å². The smallest absolute Gasteiger partial charge is 0.197 e. The summed E-state index contributed by atoms with van der Waals surface area (Å²) >= 11 is 0. The Kier molecular flexibility index (Phi) is 4.98. The number of oxazole rings is 1. The molecule has 0 aliphatic heterocycles. The molecular weight excluding hydrogens is 240 g/mol. The number of aromatic nitrogens is 1. The van der Waals surface area contributed by atoms with E-state index < -0.39 is 0 Å². The average Bonchev–Trinajstić information content (AvgIpc) is 2.91. The molecule has 0 aliphatic carbocycles. The summed E-state index contributed by atoms with van der Waals surface area (Å²) in [6.07, 6.45) is 3.90. The fourth-order valence-corrected chi connectivity index (χ4v) is 1.66. The molecule has 4 nitrogen and oxygen atoms in total. The first-order valence-corrected chi connectivity index (χ1v) is 6.57. The van der Waals surface area contributed by atoms with Gasteiger partial charge in [0.25, 0.3) is 0 Å². The highest BCUT2D eigenvalue weighted by Crippen LogP contribution is 2.12. The minimum atomic E-state index is 0.497. The lowest BCUT2D eigenvalue weighted by Crippen LogP contribution is -2.21. The molecule has 2 rings (SSSR count). The van der Waals surface area contributed by atoms with Crippen LogP contribution < -0.4 is 10.1 Å². The second-order valence-corrected chi connectivity index (χ2v) is 4.70. The predicted octanol–water partition coefficient (Wildman–Crippen LogP) is 2.79. The fraction of sp³-hybridized carbons (Fsp3) is 0.400. The monoisotopic (exact) mass is 260 g/mol. The predicted molar refractivity (Wildman–Crippen MR) is 74.1 cm³/mol. The van der Waals surface area contributed by atoms with E-state index >= 15 is 0 Å². The van der Waals surface area contributed by atoms with Crippen LogP contribution in [-0.4, -0.2) is 17.6 Å². The highest BCUT2D eigenvalue weighted by molar-refractivity contribution is 5.27. The molecule has 1 aromatic carbocycles. The molecule has 0 atom stereocenters. The van der Waals surface area contributed by atoms with Crippen LogP contribution in [0, 0.1) is 0 Å². The van der Waals surface area contributed by atoms with Crippen molar-refractivity contribution in [2.75, 3.05) is 6.61 Å². The molecule has 0 bridgehead atoms. The van der Waals surface area contributed by atoms with E-state index in [1.165, 1.54) is 5.56 Å². The molecule has 2 aromatic rings. The molecule has 0 spiro atoms. The summed E-state index contributed by atoms with van der Waals surface area (Å²) in [4.78, 5) is 4.05. The van der Waals surface area contributed by atoms with E-state index in [4.69, 9.17) is 9.15 Å². The SMILES string of the molecule is CC(C)NCc1ccc(OCCc2ncco2)cc1. The molecule has 0 saturated heterocycles. The van der Waals surface area contributed by atoms with Gasteiger partial charge in [0.2, 0.25) is 0 Å². The molecule has 19 heavy (non-hydrogen) atoms. The lowest BCUT2D eigenvalue weighted by Gasteiger charge is -2.09. The van der Waals surface area contributed by atoms with Gasteiger partial charge in [0.1, 0.15) is 12.0 Å². The van der Waals surface area contributed by atoms with E-state index in [9.17, 15) is 0 Å². The van der Waals surface area contributed by atoms with E-state index in [-0.39, 0.29) is 0 Å². The molecule has 0 aliphatic rings. The Morgan fingerprint density at radius 2 is 2.05 bits per heavy atom. The van der Waals surface area contributed by atoms with Gasteiger partial charge in [-0.3, -0.25) is 0 Å². The summed E-state index contributed by atoms with van der Waals surface area (Å²) in [7, 11) is 0. The maximum Gasteiger partial charge on any atom is 0.197 e. The molecular formula is C15H20N2O2. The summed E-state index contributed by atoms with van der Waals surface area (Å²) < 4.78 is 10.8. The Morgan fingerprint density at radius 3 is 2.68 bits per heavy atom. The minimum Gasteiger partial charge on any atom is -0.493 e.